The molecule has 5 heteroatoms. The van der Waals surface area contributed by atoms with Gasteiger partial charge in [0.2, 0.25) is 0 Å². The van der Waals surface area contributed by atoms with Crippen LogP contribution in [0.2, 0.25) is 0 Å². The van der Waals surface area contributed by atoms with Gasteiger partial charge in [0.25, 0.3) is 0 Å². The zero-order valence-corrected chi connectivity index (χ0v) is 35.1. The third-order valence-electron chi connectivity index (χ3n) is 13.2. The number of aromatic nitrogens is 4. The van der Waals surface area contributed by atoms with Crippen molar-refractivity contribution in [2.45, 2.75) is 0 Å². The van der Waals surface area contributed by atoms with E-state index < -0.39 is 0 Å². The minimum atomic E-state index is 0.621. The molecule has 14 aromatic rings. The second-order valence-electron chi connectivity index (χ2n) is 16.7. The Balaban J connectivity index is 1.14. The fourth-order valence-electron chi connectivity index (χ4n) is 10.3. The lowest BCUT2D eigenvalue weighted by atomic mass is 9.96. The Bertz CT molecular complexity index is 4140. The van der Waals surface area contributed by atoms with Gasteiger partial charge in [0, 0.05) is 47.6 Å². The number of benzene rings is 11. The molecule has 0 unspecified atom stereocenters. The number of nitrogens with zero attached hydrogens (tertiary/aromatic N) is 4. The van der Waals surface area contributed by atoms with E-state index >= 15 is 0 Å². The lowest BCUT2D eigenvalue weighted by Gasteiger charge is -2.17. The van der Waals surface area contributed by atoms with E-state index in [4.69, 9.17) is 15.0 Å². The molecule has 4 nitrogen and oxygen atoms in total. The van der Waals surface area contributed by atoms with Crippen LogP contribution in [-0.2, 0) is 0 Å². The number of hydrogen-bond acceptors (Lipinski definition) is 4. The summed E-state index contributed by atoms with van der Waals surface area (Å²) in [6, 6.07) is 74.6. The van der Waals surface area contributed by atoms with E-state index in [1.54, 1.807) is 0 Å². The van der Waals surface area contributed by atoms with Crippen molar-refractivity contribution < 1.29 is 0 Å². The highest BCUT2D eigenvalue weighted by atomic mass is 32.1. The lowest BCUT2D eigenvalue weighted by Crippen LogP contribution is -2.04. The zero-order valence-electron chi connectivity index (χ0n) is 34.3. The standard InChI is InChI=1S/C59H34N4S/c1-2-16-36-32-53-47(29-35(36)15-1)45-25-11-13-27-52(45)63(53)54-33-48-46-26-12-14-28-55(46)64-56(48)34-51(54)59-61-57(49-30-37-17-3-5-19-39(37)41-21-7-9-23-43(41)49)60-58(62-59)50-31-38-18-4-6-20-40(38)42-22-8-10-24-44(42)50/h1-34H. The number of rotatable bonds is 4. The Labute approximate surface area is 371 Å². The molecule has 296 valence electrons. The molecule has 64 heavy (non-hydrogen) atoms. The second kappa shape index (κ2) is 13.6. The lowest BCUT2D eigenvalue weighted by molar-refractivity contribution is 1.07. The molecule has 0 aliphatic heterocycles. The van der Waals surface area contributed by atoms with Gasteiger partial charge in [-0.25, -0.2) is 15.0 Å². The summed E-state index contributed by atoms with van der Waals surface area (Å²) in [5, 5.41) is 16.5. The van der Waals surface area contributed by atoms with Crippen molar-refractivity contribution in [1.82, 2.24) is 19.5 Å². The van der Waals surface area contributed by atoms with E-state index in [0.717, 1.165) is 55.0 Å². The van der Waals surface area contributed by atoms with Crippen LogP contribution in [0, 0.1) is 0 Å². The summed E-state index contributed by atoms with van der Waals surface area (Å²) in [5.41, 5.74) is 6.16. The van der Waals surface area contributed by atoms with Gasteiger partial charge in [-0.1, -0.05) is 158 Å². The van der Waals surface area contributed by atoms with Gasteiger partial charge in [-0.2, -0.15) is 0 Å². The van der Waals surface area contributed by atoms with Crippen LogP contribution in [0.4, 0.5) is 0 Å². The molecule has 3 heterocycles. The van der Waals surface area contributed by atoms with E-state index in [9.17, 15) is 0 Å². The predicted octanol–water partition coefficient (Wildman–Crippen LogP) is 16.1. The molecule has 0 N–H and O–H groups in total. The first kappa shape index (κ1) is 35.4. The maximum Gasteiger partial charge on any atom is 0.166 e. The molecule has 0 bridgehead atoms. The molecule has 11 aromatic carbocycles. The number of fused-ring (bicyclic) bond motifs is 13. The molecule has 0 amide bonds. The van der Waals surface area contributed by atoms with Gasteiger partial charge in [-0.15, -0.1) is 11.3 Å². The monoisotopic (exact) mass is 830 g/mol. The average Bonchev–Trinajstić information content (AvgIpc) is 3.89. The molecule has 0 fully saturated rings. The molecule has 0 radical (unpaired) electrons. The first-order chi connectivity index (χ1) is 31.7. The maximum atomic E-state index is 5.61. The highest BCUT2D eigenvalue weighted by molar-refractivity contribution is 7.25. The summed E-state index contributed by atoms with van der Waals surface area (Å²) >= 11 is 1.81. The van der Waals surface area contributed by atoms with Crippen LogP contribution < -0.4 is 0 Å². The van der Waals surface area contributed by atoms with Crippen molar-refractivity contribution in [3.8, 4) is 39.9 Å². The quantitative estimate of drug-likeness (QED) is 0.166. The van der Waals surface area contributed by atoms with Crippen molar-refractivity contribution >= 4 is 107 Å². The van der Waals surface area contributed by atoms with E-state index in [1.165, 1.54) is 63.3 Å². The molecule has 0 spiro atoms. The highest BCUT2D eigenvalue weighted by Gasteiger charge is 2.24. The van der Waals surface area contributed by atoms with Gasteiger partial charge in [0.1, 0.15) is 0 Å². The first-order valence-electron chi connectivity index (χ1n) is 21.7. The Kier molecular flexibility index (Phi) is 7.53. The maximum absolute atomic E-state index is 5.61. The average molecular weight is 831 g/mol. The van der Waals surface area contributed by atoms with E-state index in [-0.39, 0.29) is 0 Å². The molecule has 0 saturated carbocycles. The SMILES string of the molecule is c1ccc2cc3c(cc2c1)c1ccccc1n3-c1cc2c(cc1-c1nc(-c3cc4ccccc4c4ccccc34)nc(-c3cc4ccccc4c4ccccc34)n1)sc1ccccc12. The Morgan fingerprint density at radius 2 is 0.750 bits per heavy atom. The highest BCUT2D eigenvalue weighted by Crippen LogP contribution is 2.44. The summed E-state index contributed by atoms with van der Waals surface area (Å²) in [7, 11) is 0. The zero-order chi connectivity index (χ0) is 41.9. The van der Waals surface area contributed by atoms with Crippen molar-refractivity contribution in [2.24, 2.45) is 0 Å². The third-order valence-corrected chi connectivity index (χ3v) is 14.3. The Morgan fingerprint density at radius 3 is 1.38 bits per heavy atom. The van der Waals surface area contributed by atoms with Gasteiger partial charge in [-0.3, -0.25) is 0 Å². The van der Waals surface area contributed by atoms with Crippen LogP contribution in [0.15, 0.2) is 206 Å². The number of thiophene rings is 1. The smallest absolute Gasteiger partial charge is 0.166 e. The van der Waals surface area contributed by atoms with Crippen molar-refractivity contribution in [3.63, 3.8) is 0 Å². The van der Waals surface area contributed by atoms with Crippen molar-refractivity contribution in [2.75, 3.05) is 0 Å². The second-order valence-corrected chi connectivity index (χ2v) is 17.8. The molecule has 0 saturated heterocycles. The molecule has 0 aliphatic rings. The minimum Gasteiger partial charge on any atom is -0.308 e. The van der Waals surface area contributed by atoms with Crippen LogP contribution >= 0.6 is 11.3 Å². The Hall–Kier alpha value is -8.25. The van der Waals surface area contributed by atoms with E-state index in [1.807, 2.05) is 11.3 Å². The first-order valence-corrected chi connectivity index (χ1v) is 22.5. The van der Waals surface area contributed by atoms with Crippen LogP contribution in [0.5, 0.6) is 0 Å². The topological polar surface area (TPSA) is 43.6 Å². The summed E-state index contributed by atoms with van der Waals surface area (Å²) < 4.78 is 4.87. The number of hydrogen-bond donors (Lipinski definition) is 0. The van der Waals surface area contributed by atoms with Gasteiger partial charge in [0.05, 0.1) is 16.7 Å². The van der Waals surface area contributed by atoms with Gasteiger partial charge in [-0.05, 0) is 102 Å². The minimum absolute atomic E-state index is 0.621. The summed E-state index contributed by atoms with van der Waals surface area (Å²) in [6.07, 6.45) is 0. The molecular formula is C59H34N4S. The van der Waals surface area contributed by atoms with Crippen molar-refractivity contribution in [3.05, 3.63) is 206 Å². The van der Waals surface area contributed by atoms with E-state index in [0.29, 0.717) is 17.5 Å². The Morgan fingerprint density at radius 1 is 0.281 bits per heavy atom. The van der Waals surface area contributed by atoms with Crippen LogP contribution in [0.1, 0.15) is 0 Å². The summed E-state index contributed by atoms with van der Waals surface area (Å²) in [6.45, 7) is 0. The summed E-state index contributed by atoms with van der Waals surface area (Å²) in [4.78, 5) is 16.7. The fraction of sp³-hybridized carbons (Fsp3) is 0. The normalized spacial score (nSPS) is 12.1. The van der Waals surface area contributed by atoms with Crippen LogP contribution in [0.3, 0.4) is 0 Å². The fourth-order valence-corrected chi connectivity index (χ4v) is 11.4. The van der Waals surface area contributed by atoms with Gasteiger partial charge >= 0.3 is 0 Å². The number of para-hydroxylation sites is 1. The van der Waals surface area contributed by atoms with Gasteiger partial charge in [0.15, 0.2) is 17.5 Å². The largest absolute Gasteiger partial charge is 0.308 e. The van der Waals surface area contributed by atoms with Gasteiger partial charge < -0.3 is 4.57 Å². The molecule has 3 aromatic heterocycles. The summed E-state index contributed by atoms with van der Waals surface area (Å²) in [5.74, 6) is 1.89. The molecular weight excluding hydrogens is 797 g/mol. The van der Waals surface area contributed by atoms with Crippen LogP contribution in [0.25, 0.3) is 136 Å². The molecule has 14 rings (SSSR count). The molecule has 0 atom stereocenters. The van der Waals surface area contributed by atoms with Crippen LogP contribution in [-0.4, -0.2) is 19.5 Å². The third kappa shape index (κ3) is 5.25. The molecule has 0 aliphatic carbocycles. The predicted molar refractivity (Wildman–Crippen MR) is 271 cm³/mol. The van der Waals surface area contributed by atoms with E-state index in [2.05, 4.69) is 211 Å². The van der Waals surface area contributed by atoms with Crippen molar-refractivity contribution in [1.29, 1.82) is 0 Å².